The summed E-state index contributed by atoms with van der Waals surface area (Å²) in [5, 5.41) is 5.25. The molecule has 0 saturated heterocycles. The molecule has 1 atom stereocenters. The molecule has 0 aliphatic heterocycles. The van der Waals surface area contributed by atoms with E-state index < -0.39 is 6.04 Å². The zero-order valence-corrected chi connectivity index (χ0v) is 12.3. The van der Waals surface area contributed by atoms with Crippen LogP contribution in [0.3, 0.4) is 0 Å². The van der Waals surface area contributed by atoms with Crippen molar-refractivity contribution in [2.45, 2.75) is 33.2 Å². The van der Waals surface area contributed by atoms with Crippen LogP contribution >= 0.6 is 0 Å². The maximum absolute atomic E-state index is 11.7. The number of amides is 2. The fourth-order valence-corrected chi connectivity index (χ4v) is 1.62. The van der Waals surface area contributed by atoms with E-state index >= 15 is 0 Å². The lowest BCUT2D eigenvalue weighted by Gasteiger charge is -2.15. The Morgan fingerprint density at radius 3 is 2.30 bits per heavy atom. The van der Waals surface area contributed by atoms with E-state index in [1.165, 1.54) is 5.56 Å². The second-order valence-electron chi connectivity index (χ2n) is 5.09. The maximum Gasteiger partial charge on any atom is 0.243 e. The number of benzene rings is 1. The average molecular weight is 277 g/mol. The van der Waals surface area contributed by atoms with E-state index in [1.807, 2.05) is 38.1 Å². The van der Waals surface area contributed by atoms with Gasteiger partial charge in [-0.15, -0.1) is 0 Å². The van der Waals surface area contributed by atoms with Crippen LogP contribution in [0, 0.1) is 5.92 Å². The Balaban J connectivity index is 2.41. The van der Waals surface area contributed by atoms with Gasteiger partial charge in [-0.05, 0) is 30.0 Å². The third-order valence-corrected chi connectivity index (χ3v) is 3.09. The lowest BCUT2D eigenvalue weighted by atomic mass is 10.1. The summed E-state index contributed by atoms with van der Waals surface area (Å²) in [6.45, 7) is 5.72. The number of hydrogen-bond acceptors (Lipinski definition) is 3. The Morgan fingerprint density at radius 2 is 1.80 bits per heavy atom. The van der Waals surface area contributed by atoms with Gasteiger partial charge in [-0.2, -0.15) is 0 Å². The quantitative estimate of drug-likeness (QED) is 0.732. The highest BCUT2D eigenvalue weighted by Gasteiger charge is 2.17. The van der Waals surface area contributed by atoms with Gasteiger partial charge in [-0.25, -0.2) is 0 Å². The highest BCUT2D eigenvalue weighted by molar-refractivity contribution is 5.95. The number of hydrogen-bond donors (Lipinski definition) is 3. The van der Waals surface area contributed by atoms with Crippen molar-refractivity contribution in [3.63, 3.8) is 0 Å². The van der Waals surface area contributed by atoms with Crippen LogP contribution in [0.25, 0.3) is 0 Å². The molecule has 1 rings (SSSR count). The van der Waals surface area contributed by atoms with Gasteiger partial charge in [0.15, 0.2) is 0 Å². The number of carbonyl (C=O) groups is 2. The van der Waals surface area contributed by atoms with Gasteiger partial charge in [0.25, 0.3) is 0 Å². The lowest BCUT2D eigenvalue weighted by molar-refractivity contribution is -0.125. The van der Waals surface area contributed by atoms with E-state index in [0.717, 1.165) is 12.1 Å². The first-order valence-electron chi connectivity index (χ1n) is 6.86. The van der Waals surface area contributed by atoms with Gasteiger partial charge in [0, 0.05) is 5.69 Å². The summed E-state index contributed by atoms with van der Waals surface area (Å²) in [6, 6.07) is 7.02. The highest BCUT2D eigenvalue weighted by atomic mass is 16.2. The minimum atomic E-state index is -0.591. The van der Waals surface area contributed by atoms with Gasteiger partial charge in [0.1, 0.15) is 0 Å². The van der Waals surface area contributed by atoms with E-state index in [2.05, 4.69) is 17.6 Å². The first-order chi connectivity index (χ1) is 9.43. The smallest absolute Gasteiger partial charge is 0.243 e. The van der Waals surface area contributed by atoms with Crippen molar-refractivity contribution >= 4 is 17.5 Å². The van der Waals surface area contributed by atoms with E-state index in [9.17, 15) is 9.59 Å². The monoisotopic (exact) mass is 277 g/mol. The standard InChI is InChI=1S/C15H23N3O2/c1-4-11-5-7-12(8-6-11)18-13(19)9-17-15(20)14(16)10(2)3/h5-8,10,14H,4,9,16H2,1-3H3,(H,17,20)(H,18,19). The first kappa shape index (κ1) is 16.2. The van der Waals surface area contributed by atoms with Crippen LogP contribution in [0.1, 0.15) is 26.3 Å². The van der Waals surface area contributed by atoms with Crippen molar-refractivity contribution in [2.75, 3.05) is 11.9 Å². The van der Waals surface area contributed by atoms with Gasteiger partial charge >= 0.3 is 0 Å². The van der Waals surface area contributed by atoms with E-state index in [1.54, 1.807) is 0 Å². The normalized spacial score (nSPS) is 12.1. The number of carbonyl (C=O) groups excluding carboxylic acids is 2. The molecule has 5 nitrogen and oxygen atoms in total. The molecule has 0 fully saturated rings. The van der Waals surface area contributed by atoms with E-state index in [4.69, 9.17) is 5.73 Å². The van der Waals surface area contributed by atoms with Gasteiger partial charge in [0.2, 0.25) is 11.8 Å². The van der Waals surface area contributed by atoms with Crippen LogP contribution in [0.5, 0.6) is 0 Å². The van der Waals surface area contributed by atoms with E-state index in [0.29, 0.717) is 0 Å². The molecule has 1 aromatic rings. The van der Waals surface area contributed by atoms with Crippen molar-refractivity contribution in [3.8, 4) is 0 Å². The van der Waals surface area contributed by atoms with Crippen molar-refractivity contribution in [2.24, 2.45) is 11.7 Å². The zero-order valence-electron chi connectivity index (χ0n) is 12.3. The summed E-state index contributed by atoms with van der Waals surface area (Å²) in [4.78, 5) is 23.3. The summed E-state index contributed by atoms with van der Waals surface area (Å²) in [5.74, 6) is -0.533. The van der Waals surface area contributed by atoms with Gasteiger partial charge in [0.05, 0.1) is 12.6 Å². The molecule has 0 heterocycles. The topological polar surface area (TPSA) is 84.2 Å². The van der Waals surface area contributed by atoms with Crippen LogP contribution in [0.15, 0.2) is 24.3 Å². The lowest BCUT2D eigenvalue weighted by Crippen LogP contribution is -2.46. The van der Waals surface area contributed by atoms with Gasteiger partial charge in [-0.3, -0.25) is 9.59 Å². The van der Waals surface area contributed by atoms with Crippen molar-refractivity contribution in [1.82, 2.24) is 5.32 Å². The van der Waals surface area contributed by atoms with Crippen molar-refractivity contribution in [3.05, 3.63) is 29.8 Å². The Morgan fingerprint density at radius 1 is 1.20 bits per heavy atom. The molecule has 0 radical (unpaired) electrons. The molecular weight excluding hydrogens is 254 g/mol. The summed E-state index contributed by atoms with van der Waals surface area (Å²) in [6.07, 6.45) is 0.956. The van der Waals surface area contributed by atoms with Crippen molar-refractivity contribution < 1.29 is 9.59 Å². The molecule has 0 aromatic heterocycles. The SMILES string of the molecule is CCc1ccc(NC(=O)CNC(=O)C(N)C(C)C)cc1. The Bertz CT molecular complexity index is 455. The van der Waals surface area contributed by atoms with Crippen LogP contribution in [-0.2, 0) is 16.0 Å². The minimum Gasteiger partial charge on any atom is -0.346 e. The molecule has 0 aliphatic carbocycles. The molecule has 2 amide bonds. The third kappa shape index (κ3) is 5.01. The fraction of sp³-hybridized carbons (Fsp3) is 0.467. The fourth-order valence-electron chi connectivity index (χ4n) is 1.62. The molecule has 5 heteroatoms. The zero-order chi connectivity index (χ0) is 15.1. The number of aryl methyl sites for hydroxylation is 1. The van der Waals surface area contributed by atoms with Crippen LogP contribution in [0.4, 0.5) is 5.69 Å². The predicted molar refractivity (Wildman–Crippen MR) is 80.3 cm³/mol. The summed E-state index contributed by atoms with van der Waals surface area (Å²) < 4.78 is 0. The number of nitrogens with one attached hydrogen (secondary N) is 2. The number of rotatable bonds is 6. The largest absolute Gasteiger partial charge is 0.346 e. The van der Waals surface area contributed by atoms with Crippen LogP contribution < -0.4 is 16.4 Å². The van der Waals surface area contributed by atoms with E-state index in [-0.39, 0.29) is 24.3 Å². The molecule has 4 N–H and O–H groups in total. The van der Waals surface area contributed by atoms with Gasteiger partial charge in [-0.1, -0.05) is 32.9 Å². The maximum atomic E-state index is 11.7. The Hall–Kier alpha value is -1.88. The number of nitrogens with two attached hydrogens (primary N) is 1. The Kier molecular flexibility index (Phi) is 6.18. The molecule has 20 heavy (non-hydrogen) atoms. The van der Waals surface area contributed by atoms with Crippen LogP contribution in [0.2, 0.25) is 0 Å². The molecule has 1 aromatic carbocycles. The third-order valence-electron chi connectivity index (χ3n) is 3.09. The summed E-state index contributed by atoms with van der Waals surface area (Å²) in [5.41, 5.74) is 7.61. The predicted octanol–water partition coefficient (Wildman–Crippen LogP) is 1.29. The molecule has 110 valence electrons. The molecular formula is C15H23N3O2. The first-order valence-corrected chi connectivity index (χ1v) is 6.86. The minimum absolute atomic E-state index is 0.0413. The Labute approximate surface area is 119 Å². The molecule has 0 aliphatic rings. The molecule has 0 spiro atoms. The number of anilines is 1. The van der Waals surface area contributed by atoms with Crippen molar-refractivity contribution in [1.29, 1.82) is 0 Å². The second kappa shape index (κ2) is 7.65. The summed E-state index contributed by atoms with van der Waals surface area (Å²) in [7, 11) is 0. The van der Waals surface area contributed by atoms with Crippen LogP contribution in [-0.4, -0.2) is 24.4 Å². The molecule has 1 unspecified atom stereocenters. The summed E-state index contributed by atoms with van der Waals surface area (Å²) >= 11 is 0. The highest BCUT2D eigenvalue weighted by Crippen LogP contribution is 2.09. The molecule has 0 bridgehead atoms. The van der Waals surface area contributed by atoms with Gasteiger partial charge < -0.3 is 16.4 Å². The average Bonchev–Trinajstić information content (AvgIpc) is 2.44. The molecule has 0 saturated carbocycles. The second-order valence-corrected chi connectivity index (χ2v) is 5.09.